The van der Waals surface area contributed by atoms with Gasteiger partial charge in [0.05, 0.1) is 0 Å². The molecule has 0 saturated heterocycles. The smallest absolute Gasteiger partial charge is 0.254 e. The average Bonchev–Trinajstić information content (AvgIpc) is 2.35. The van der Waals surface area contributed by atoms with E-state index in [4.69, 9.17) is 11.6 Å². The number of hydrogen-bond donors (Lipinski definition) is 0. The molecule has 1 aromatic rings. The minimum absolute atomic E-state index is 0.0426. The fourth-order valence-corrected chi connectivity index (χ4v) is 2.14. The molecule has 0 N–H and O–H groups in total. The van der Waals surface area contributed by atoms with Gasteiger partial charge in [0.1, 0.15) is 5.15 Å². The number of rotatable bonds is 6. The van der Waals surface area contributed by atoms with Crippen molar-refractivity contribution in [1.82, 2.24) is 9.88 Å². The number of carbonyl (C=O) groups is 1. The predicted octanol–water partition coefficient (Wildman–Crippen LogP) is 3.56. The van der Waals surface area contributed by atoms with Gasteiger partial charge in [-0.1, -0.05) is 31.9 Å². The summed E-state index contributed by atoms with van der Waals surface area (Å²) in [5.74, 6) is 0.0426. The number of amides is 1. The molecule has 0 fully saturated rings. The van der Waals surface area contributed by atoms with Crippen molar-refractivity contribution in [1.29, 1.82) is 0 Å². The Kier molecular flexibility index (Phi) is 6.13. The Bertz CT molecular complexity index is 407. The van der Waals surface area contributed by atoms with Crippen LogP contribution in [0.3, 0.4) is 0 Å². The van der Waals surface area contributed by atoms with Gasteiger partial charge in [0.2, 0.25) is 0 Å². The highest BCUT2D eigenvalue weighted by atomic mass is 35.5. The maximum Gasteiger partial charge on any atom is 0.254 e. The summed E-state index contributed by atoms with van der Waals surface area (Å²) in [6.07, 6.45) is 2.80. The van der Waals surface area contributed by atoms with Crippen molar-refractivity contribution in [2.75, 3.05) is 13.1 Å². The third-order valence-corrected chi connectivity index (χ3v) is 2.96. The number of halogens is 1. The van der Waals surface area contributed by atoms with E-state index in [1.807, 2.05) is 17.9 Å². The van der Waals surface area contributed by atoms with Gasteiger partial charge < -0.3 is 4.90 Å². The summed E-state index contributed by atoms with van der Waals surface area (Å²) in [7, 11) is 0. The first-order chi connectivity index (χ1) is 8.62. The number of aromatic nitrogens is 1. The lowest BCUT2D eigenvalue weighted by Crippen LogP contribution is -2.31. The second kappa shape index (κ2) is 7.37. The van der Waals surface area contributed by atoms with Gasteiger partial charge in [-0.25, -0.2) is 4.98 Å². The molecule has 0 saturated carbocycles. The van der Waals surface area contributed by atoms with Crippen molar-refractivity contribution in [3.05, 3.63) is 28.5 Å². The largest absolute Gasteiger partial charge is 0.339 e. The highest BCUT2D eigenvalue weighted by Gasteiger charge is 2.15. The fraction of sp³-hybridized carbons (Fsp3) is 0.571. The molecule has 0 bridgehead atoms. The SMILES string of the molecule is CCCc1cc(C(=O)N(CC)CCC)cc(Cl)n1. The summed E-state index contributed by atoms with van der Waals surface area (Å²) < 4.78 is 0. The lowest BCUT2D eigenvalue weighted by Gasteiger charge is -2.20. The molecule has 0 aliphatic rings. The van der Waals surface area contributed by atoms with Crippen LogP contribution in [0.25, 0.3) is 0 Å². The Morgan fingerprint density at radius 3 is 2.56 bits per heavy atom. The standard InChI is InChI=1S/C14H21ClN2O/c1-4-7-12-9-11(10-13(15)16-12)14(18)17(6-3)8-5-2/h9-10H,4-8H2,1-3H3. The summed E-state index contributed by atoms with van der Waals surface area (Å²) in [5, 5.41) is 0.400. The molecule has 100 valence electrons. The van der Waals surface area contributed by atoms with Crippen LogP contribution in [0, 0.1) is 0 Å². The molecule has 0 unspecified atom stereocenters. The lowest BCUT2D eigenvalue weighted by molar-refractivity contribution is 0.0764. The van der Waals surface area contributed by atoms with Gasteiger partial charge in [-0.2, -0.15) is 0 Å². The van der Waals surface area contributed by atoms with Gasteiger partial charge in [-0.3, -0.25) is 4.79 Å². The second-order valence-corrected chi connectivity index (χ2v) is 4.69. The second-order valence-electron chi connectivity index (χ2n) is 4.30. The van der Waals surface area contributed by atoms with Gasteiger partial charge in [-0.05, 0) is 31.9 Å². The highest BCUT2D eigenvalue weighted by Crippen LogP contribution is 2.14. The molecule has 0 aliphatic carbocycles. The van der Waals surface area contributed by atoms with E-state index in [2.05, 4.69) is 18.8 Å². The highest BCUT2D eigenvalue weighted by molar-refractivity contribution is 6.29. The van der Waals surface area contributed by atoms with Crippen LogP contribution >= 0.6 is 11.6 Å². The van der Waals surface area contributed by atoms with Crippen LogP contribution in [0.4, 0.5) is 0 Å². The summed E-state index contributed by atoms with van der Waals surface area (Å²) in [5.41, 5.74) is 1.54. The van der Waals surface area contributed by atoms with E-state index in [0.29, 0.717) is 10.7 Å². The van der Waals surface area contributed by atoms with Crippen LogP contribution in [-0.4, -0.2) is 28.9 Å². The van der Waals surface area contributed by atoms with Crippen molar-refractivity contribution in [3.63, 3.8) is 0 Å². The predicted molar refractivity (Wildman–Crippen MR) is 75.1 cm³/mol. The summed E-state index contributed by atoms with van der Waals surface area (Å²) in [4.78, 5) is 18.4. The Balaban J connectivity index is 2.96. The lowest BCUT2D eigenvalue weighted by atomic mass is 10.1. The van der Waals surface area contributed by atoms with Crippen molar-refractivity contribution < 1.29 is 4.79 Å². The van der Waals surface area contributed by atoms with E-state index >= 15 is 0 Å². The Hall–Kier alpha value is -1.09. The Morgan fingerprint density at radius 1 is 1.28 bits per heavy atom. The van der Waals surface area contributed by atoms with Gasteiger partial charge in [-0.15, -0.1) is 0 Å². The van der Waals surface area contributed by atoms with Gasteiger partial charge >= 0.3 is 0 Å². The van der Waals surface area contributed by atoms with Crippen LogP contribution in [0.15, 0.2) is 12.1 Å². The van der Waals surface area contributed by atoms with Crippen LogP contribution in [0.1, 0.15) is 49.7 Å². The number of pyridine rings is 1. The van der Waals surface area contributed by atoms with Crippen molar-refractivity contribution in [2.45, 2.75) is 40.0 Å². The summed E-state index contributed by atoms with van der Waals surface area (Å²) in [6.45, 7) is 7.63. The van der Waals surface area contributed by atoms with Gasteiger partial charge in [0.15, 0.2) is 0 Å². The maximum absolute atomic E-state index is 12.3. The number of aryl methyl sites for hydroxylation is 1. The molecule has 1 rings (SSSR count). The number of nitrogens with zero attached hydrogens (tertiary/aromatic N) is 2. The van der Waals surface area contributed by atoms with Crippen molar-refractivity contribution >= 4 is 17.5 Å². The maximum atomic E-state index is 12.3. The monoisotopic (exact) mass is 268 g/mol. The zero-order valence-corrected chi connectivity index (χ0v) is 12.1. The molecule has 18 heavy (non-hydrogen) atoms. The fourth-order valence-electron chi connectivity index (χ4n) is 1.91. The average molecular weight is 269 g/mol. The van der Waals surface area contributed by atoms with Crippen LogP contribution in [0.5, 0.6) is 0 Å². The molecule has 1 amide bonds. The number of hydrogen-bond acceptors (Lipinski definition) is 2. The first-order valence-corrected chi connectivity index (χ1v) is 6.95. The van der Waals surface area contributed by atoms with E-state index in [1.165, 1.54) is 0 Å². The minimum Gasteiger partial charge on any atom is -0.339 e. The molecule has 3 nitrogen and oxygen atoms in total. The molecule has 0 aliphatic heterocycles. The first kappa shape index (κ1) is 15.0. The first-order valence-electron chi connectivity index (χ1n) is 6.58. The van der Waals surface area contributed by atoms with Crippen LogP contribution in [-0.2, 0) is 6.42 Å². The zero-order chi connectivity index (χ0) is 13.5. The van der Waals surface area contributed by atoms with Gasteiger partial charge in [0.25, 0.3) is 5.91 Å². The van der Waals surface area contributed by atoms with Crippen LogP contribution in [0.2, 0.25) is 5.15 Å². The normalized spacial score (nSPS) is 10.4. The van der Waals surface area contributed by atoms with E-state index in [1.54, 1.807) is 6.07 Å². The van der Waals surface area contributed by atoms with Crippen molar-refractivity contribution in [3.8, 4) is 0 Å². The Labute approximate surface area is 114 Å². The van der Waals surface area contributed by atoms with E-state index < -0.39 is 0 Å². The third-order valence-electron chi connectivity index (χ3n) is 2.76. The van der Waals surface area contributed by atoms with Gasteiger partial charge in [0, 0.05) is 24.3 Å². The molecule has 4 heteroatoms. The topological polar surface area (TPSA) is 33.2 Å². The van der Waals surface area contributed by atoms with E-state index in [-0.39, 0.29) is 5.91 Å². The summed E-state index contributed by atoms with van der Waals surface area (Å²) >= 11 is 5.97. The van der Waals surface area contributed by atoms with E-state index in [0.717, 1.165) is 38.0 Å². The van der Waals surface area contributed by atoms with Crippen LogP contribution < -0.4 is 0 Å². The zero-order valence-electron chi connectivity index (χ0n) is 11.4. The Morgan fingerprint density at radius 2 is 2.00 bits per heavy atom. The van der Waals surface area contributed by atoms with Crippen molar-refractivity contribution in [2.24, 2.45) is 0 Å². The molecule has 0 radical (unpaired) electrons. The molecular weight excluding hydrogens is 248 g/mol. The number of carbonyl (C=O) groups excluding carboxylic acids is 1. The quantitative estimate of drug-likeness (QED) is 0.739. The molecule has 0 atom stereocenters. The molecular formula is C14H21ClN2O. The third kappa shape index (κ3) is 3.98. The molecule has 1 heterocycles. The molecule has 0 aromatic carbocycles. The van der Waals surface area contributed by atoms with E-state index in [9.17, 15) is 4.79 Å². The molecule has 1 aromatic heterocycles. The minimum atomic E-state index is 0.0426. The molecule has 0 spiro atoms. The summed E-state index contributed by atoms with van der Waals surface area (Å²) in [6, 6.07) is 3.51.